The van der Waals surface area contributed by atoms with E-state index in [1.165, 1.54) is 0 Å². The summed E-state index contributed by atoms with van der Waals surface area (Å²) in [6.07, 6.45) is 5.90. The molecule has 3 heterocycles. The monoisotopic (exact) mass is 295 g/mol. The molecular weight excluding hydrogens is 270 g/mol. The van der Waals surface area contributed by atoms with E-state index in [9.17, 15) is 9.59 Å². The lowest BCUT2D eigenvalue weighted by molar-refractivity contribution is -0.141. The van der Waals surface area contributed by atoms with Crippen LogP contribution < -0.4 is 5.73 Å². The number of primary amides is 1. The zero-order valence-corrected chi connectivity index (χ0v) is 12.6. The molecule has 0 aromatic heterocycles. The predicted octanol–water partition coefficient (Wildman–Crippen LogP) is 0.949. The number of nitrogens with zero attached hydrogens (tertiary/aromatic N) is 2. The van der Waals surface area contributed by atoms with E-state index in [1.807, 2.05) is 4.90 Å². The molecule has 3 amide bonds. The van der Waals surface area contributed by atoms with Crippen molar-refractivity contribution in [1.82, 2.24) is 9.80 Å². The first kappa shape index (κ1) is 14.6. The third kappa shape index (κ3) is 3.00. The van der Waals surface area contributed by atoms with Crippen molar-refractivity contribution >= 4 is 11.9 Å². The quantitative estimate of drug-likeness (QED) is 0.782. The van der Waals surface area contributed by atoms with E-state index in [2.05, 4.69) is 0 Å². The molecule has 3 aliphatic heterocycles. The number of piperidine rings is 2. The fourth-order valence-corrected chi connectivity index (χ4v) is 3.92. The fourth-order valence-electron chi connectivity index (χ4n) is 3.92. The number of rotatable bonds is 1. The van der Waals surface area contributed by atoms with Gasteiger partial charge in [-0.25, -0.2) is 4.79 Å². The fraction of sp³-hybridized carbons (Fsp3) is 0.867. The highest BCUT2D eigenvalue weighted by Gasteiger charge is 2.40. The van der Waals surface area contributed by atoms with Crippen LogP contribution in [0.15, 0.2) is 0 Å². The molecule has 3 fully saturated rings. The van der Waals surface area contributed by atoms with Crippen LogP contribution in [-0.2, 0) is 9.53 Å². The van der Waals surface area contributed by atoms with E-state index in [-0.39, 0.29) is 17.4 Å². The Kier molecular flexibility index (Phi) is 4.06. The summed E-state index contributed by atoms with van der Waals surface area (Å²) in [5.41, 5.74) is 5.38. The van der Waals surface area contributed by atoms with Gasteiger partial charge >= 0.3 is 6.03 Å². The summed E-state index contributed by atoms with van der Waals surface area (Å²) in [6, 6.07) is -0.413. The smallest absolute Gasteiger partial charge is 0.314 e. The Bertz CT molecular complexity index is 410. The molecule has 0 bridgehead atoms. The number of ether oxygens (including phenoxy) is 1. The van der Waals surface area contributed by atoms with E-state index in [0.29, 0.717) is 13.1 Å². The largest absolute Gasteiger partial charge is 0.375 e. The van der Waals surface area contributed by atoms with Gasteiger partial charge < -0.3 is 20.3 Å². The minimum atomic E-state index is -0.413. The Labute approximate surface area is 125 Å². The van der Waals surface area contributed by atoms with Crippen LogP contribution in [0.4, 0.5) is 4.79 Å². The summed E-state index contributed by atoms with van der Waals surface area (Å²) in [4.78, 5) is 27.5. The predicted molar refractivity (Wildman–Crippen MR) is 77.6 cm³/mol. The number of nitrogens with two attached hydrogens (primary N) is 1. The van der Waals surface area contributed by atoms with E-state index >= 15 is 0 Å². The van der Waals surface area contributed by atoms with Crippen molar-refractivity contribution in [2.75, 3.05) is 32.8 Å². The van der Waals surface area contributed by atoms with Crippen LogP contribution in [0.25, 0.3) is 0 Å². The Morgan fingerprint density at radius 2 is 1.81 bits per heavy atom. The summed E-state index contributed by atoms with van der Waals surface area (Å²) in [5, 5.41) is 0. The second kappa shape index (κ2) is 5.83. The van der Waals surface area contributed by atoms with Crippen molar-refractivity contribution in [3.63, 3.8) is 0 Å². The van der Waals surface area contributed by atoms with Gasteiger partial charge in [0.05, 0.1) is 11.5 Å². The highest BCUT2D eigenvalue weighted by molar-refractivity contribution is 5.80. The van der Waals surface area contributed by atoms with Crippen molar-refractivity contribution in [1.29, 1.82) is 0 Å². The van der Waals surface area contributed by atoms with Crippen LogP contribution in [0.3, 0.4) is 0 Å². The molecule has 6 nitrogen and oxygen atoms in total. The average molecular weight is 295 g/mol. The van der Waals surface area contributed by atoms with Gasteiger partial charge in [-0.15, -0.1) is 0 Å². The summed E-state index contributed by atoms with van der Waals surface area (Å²) in [7, 11) is 0. The molecule has 3 aliphatic rings. The third-order valence-electron chi connectivity index (χ3n) is 5.25. The van der Waals surface area contributed by atoms with Gasteiger partial charge in [0.25, 0.3) is 0 Å². The summed E-state index contributed by atoms with van der Waals surface area (Å²) in [6.45, 7) is 3.59. The molecule has 3 saturated heterocycles. The van der Waals surface area contributed by atoms with Crippen molar-refractivity contribution in [2.45, 2.75) is 44.1 Å². The second-order valence-corrected chi connectivity index (χ2v) is 6.58. The minimum absolute atomic E-state index is 0.0443. The first-order valence-corrected chi connectivity index (χ1v) is 8.07. The molecule has 118 valence electrons. The normalized spacial score (nSPS) is 28.9. The van der Waals surface area contributed by atoms with Crippen molar-refractivity contribution in [3.8, 4) is 0 Å². The highest BCUT2D eigenvalue weighted by atomic mass is 16.5. The van der Waals surface area contributed by atoms with Gasteiger partial charge in [0.1, 0.15) is 0 Å². The van der Waals surface area contributed by atoms with Crippen LogP contribution in [0, 0.1) is 5.92 Å². The molecule has 0 aliphatic carbocycles. The zero-order chi connectivity index (χ0) is 14.9. The van der Waals surface area contributed by atoms with Crippen LogP contribution in [-0.4, -0.2) is 60.1 Å². The SMILES string of the molecule is NC(=O)N1CCCC(C(=O)N2CCC3(CCCO3)CC2)C1. The van der Waals surface area contributed by atoms with Gasteiger partial charge in [0.15, 0.2) is 0 Å². The molecule has 1 atom stereocenters. The van der Waals surface area contributed by atoms with Crippen molar-refractivity contribution < 1.29 is 14.3 Å². The molecule has 1 spiro atoms. The van der Waals surface area contributed by atoms with Gasteiger partial charge in [-0.2, -0.15) is 0 Å². The van der Waals surface area contributed by atoms with Gasteiger partial charge in [0.2, 0.25) is 5.91 Å². The maximum absolute atomic E-state index is 12.6. The third-order valence-corrected chi connectivity index (χ3v) is 5.25. The van der Waals surface area contributed by atoms with Gasteiger partial charge in [-0.05, 0) is 38.5 Å². The number of amides is 3. The molecule has 6 heteroatoms. The number of likely N-dealkylation sites (tertiary alicyclic amines) is 2. The standard InChI is InChI=1S/C15H25N3O3/c16-14(20)18-7-1-3-12(11-18)13(19)17-8-5-15(6-9-17)4-2-10-21-15/h12H,1-11H2,(H2,16,20). The summed E-state index contributed by atoms with van der Waals surface area (Å²) in [5.74, 6) is 0.110. The van der Waals surface area contributed by atoms with Crippen LogP contribution >= 0.6 is 0 Å². The number of hydrogen-bond acceptors (Lipinski definition) is 3. The summed E-state index contributed by atoms with van der Waals surface area (Å²) >= 11 is 0. The van der Waals surface area contributed by atoms with E-state index in [4.69, 9.17) is 10.5 Å². The minimum Gasteiger partial charge on any atom is -0.375 e. The van der Waals surface area contributed by atoms with E-state index < -0.39 is 6.03 Å². The number of urea groups is 1. The number of carbonyl (C=O) groups excluding carboxylic acids is 2. The average Bonchev–Trinajstić information content (AvgIpc) is 2.96. The Balaban J connectivity index is 1.55. The second-order valence-electron chi connectivity index (χ2n) is 6.58. The topological polar surface area (TPSA) is 75.9 Å². The van der Waals surface area contributed by atoms with Crippen LogP contribution in [0.1, 0.15) is 38.5 Å². The molecule has 2 N–H and O–H groups in total. The lowest BCUT2D eigenvalue weighted by Crippen LogP contribution is -2.52. The molecule has 1 unspecified atom stereocenters. The first-order chi connectivity index (χ1) is 10.1. The Hall–Kier alpha value is -1.30. The zero-order valence-electron chi connectivity index (χ0n) is 12.6. The molecule has 0 radical (unpaired) electrons. The lowest BCUT2D eigenvalue weighted by atomic mass is 9.87. The first-order valence-electron chi connectivity index (χ1n) is 8.07. The molecule has 21 heavy (non-hydrogen) atoms. The van der Waals surface area contributed by atoms with Gasteiger partial charge in [0, 0.05) is 32.8 Å². The van der Waals surface area contributed by atoms with Crippen molar-refractivity contribution in [3.05, 3.63) is 0 Å². The maximum atomic E-state index is 12.6. The van der Waals surface area contributed by atoms with Crippen molar-refractivity contribution in [2.24, 2.45) is 11.7 Å². The molecule has 0 saturated carbocycles. The molecule has 0 aromatic carbocycles. The van der Waals surface area contributed by atoms with Gasteiger partial charge in [-0.1, -0.05) is 0 Å². The highest BCUT2D eigenvalue weighted by Crippen LogP contribution is 2.36. The maximum Gasteiger partial charge on any atom is 0.314 e. The molecule has 0 aromatic rings. The number of hydrogen-bond donors (Lipinski definition) is 1. The number of carbonyl (C=O) groups is 2. The van der Waals surface area contributed by atoms with Gasteiger partial charge in [-0.3, -0.25) is 4.79 Å². The molecular formula is C15H25N3O3. The van der Waals surface area contributed by atoms with E-state index in [1.54, 1.807) is 4.90 Å². The van der Waals surface area contributed by atoms with Crippen LogP contribution in [0.5, 0.6) is 0 Å². The van der Waals surface area contributed by atoms with E-state index in [0.717, 1.165) is 58.2 Å². The van der Waals surface area contributed by atoms with Crippen LogP contribution in [0.2, 0.25) is 0 Å². The summed E-state index contributed by atoms with van der Waals surface area (Å²) < 4.78 is 5.90. The Morgan fingerprint density at radius 3 is 2.43 bits per heavy atom. The molecule has 3 rings (SSSR count). The lowest BCUT2D eigenvalue weighted by Gasteiger charge is -2.41. The Morgan fingerprint density at radius 1 is 1.05 bits per heavy atom.